The first-order valence-electron chi connectivity index (χ1n) is 5.84. The molecule has 1 aromatic carbocycles. The molecule has 2 aromatic rings. The lowest BCUT2D eigenvalue weighted by Gasteiger charge is -2.08. The number of nitrogens with two attached hydrogens (primary N) is 1. The summed E-state index contributed by atoms with van der Waals surface area (Å²) in [7, 11) is 0. The number of aryl methyl sites for hydroxylation is 1. The molecule has 2 N–H and O–H groups in total. The fourth-order valence-electron chi connectivity index (χ4n) is 1.85. The molecule has 0 spiro atoms. The molecule has 2 rings (SSSR count). The summed E-state index contributed by atoms with van der Waals surface area (Å²) in [4.78, 5) is 0. The number of alkyl halides is 3. The molecule has 0 aliphatic rings. The Balaban J connectivity index is 2.39. The lowest BCUT2D eigenvalue weighted by atomic mass is 10.2. The molecule has 0 unspecified atom stereocenters. The summed E-state index contributed by atoms with van der Waals surface area (Å²) in [5.41, 5.74) is 6.91. The minimum Gasteiger partial charge on any atom is -0.330 e. The third-order valence-electron chi connectivity index (χ3n) is 2.85. The highest BCUT2D eigenvalue weighted by Gasteiger charge is 2.30. The highest BCUT2D eigenvalue weighted by molar-refractivity contribution is 5.37. The smallest absolute Gasteiger partial charge is 0.330 e. The van der Waals surface area contributed by atoms with Crippen LogP contribution in [0.2, 0.25) is 0 Å². The van der Waals surface area contributed by atoms with E-state index in [1.165, 1.54) is 10.7 Å². The van der Waals surface area contributed by atoms with Crippen molar-refractivity contribution < 1.29 is 13.2 Å². The molecule has 19 heavy (non-hydrogen) atoms. The molecule has 0 aliphatic carbocycles. The zero-order valence-corrected chi connectivity index (χ0v) is 10.4. The Kier molecular flexibility index (Phi) is 3.61. The lowest BCUT2D eigenvalue weighted by molar-refractivity contribution is -0.137. The average Bonchev–Trinajstić information content (AvgIpc) is 2.71. The van der Waals surface area contributed by atoms with E-state index in [0.29, 0.717) is 18.7 Å². The summed E-state index contributed by atoms with van der Waals surface area (Å²) in [6.45, 7) is 2.30. The van der Waals surface area contributed by atoms with Gasteiger partial charge in [0, 0.05) is 6.20 Å². The predicted octanol–water partition coefficient (Wildman–Crippen LogP) is 2.70. The van der Waals surface area contributed by atoms with Crippen LogP contribution in [0.5, 0.6) is 0 Å². The SMILES string of the molecule is Cc1nn(-c2cccc(C(F)(F)F)c2)cc1CCN. The van der Waals surface area contributed by atoms with Gasteiger partial charge in [-0.1, -0.05) is 6.07 Å². The molecule has 0 bridgehead atoms. The molecule has 1 heterocycles. The van der Waals surface area contributed by atoms with Gasteiger partial charge < -0.3 is 5.73 Å². The molecule has 0 saturated carbocycles. The fraction of sp³-hybridized carbons (Fsp3) is 0.308. The van der Waals surface area contributed by atoms with Crippen molar-refractivity contribution in [3.8, 4) is 5.69 Å². The first-order chi connectivity index (χ1) is 8.91. The third-order valence-corrected chi connectivity index (χ3v) is 2.85. The second-order valence-electron chi connectivity index (χ2n) is 4.27. The third kappa shape index (κ3) is 2.96. The van der Waals surface area contributed by atoms with Crippen LogP contribution in [0, 0.1) is 6.92 Å². The predicted molar refractivity (Wildman–Crippen MR) is 66.1 cm³/mol. The summed E-state index contributed by atoms with van der Waals surface area (Å²) in [5, 5.41) is 4.22. The van der Waals surface area contributed by atoms with Crippen molar-refractivity contribution in [2.75, 3.05) is 6.54 Å². The van der Waals surface area contributed by atoms with Crippen molar-refractivity contribution in [2.45, 2.75) is 19.5 Å². The van der Waals surface area contributed by atoms with Crippen molar-refractivity contribution in [1.29, 1.82) is 0 Å². The van der Waals surface area contributed by atoms with Gasteiger partial charge in [-0.3, -0.25) is 0 Å². The number of nitrogens with zero attached hydrogens (tertiary/aromatic N) is 2. The van der Waals surface area contributed by atoms with Crippen molar-refractivity contribution in [3.05, 3.63) is 47.3 Å². The van der Waals surface area contributed by atoms with Gasteiger partial charge in [0.1, 0.15) is 0 Å². The highest BCUT2D eigenvalue weighted by Crippen LogP contribution is 2.30. The molecule has 0 amide bonds. The van der Waals surface area contributed by atoms with Gasteiger partial charge in [-0.2, -0.15) is 18.3 Å². The highest BCUT2D eigenvalue weighted by atomic mass is 19.4. The van der Waals surface area contributed by atoms with Crippen LogP contribution in [-0.2, 0) is 12.6 Å². The van der Waals surface area contributed by atoms with Gasteiger partial charge in [-0.25, -0.2) is 4.68 Å². The van der Waals surface area contributed by atoms with E-state index in [2.05, 4.69) is 5.10 Å². The Morgan fingerprint density at radius 3 is 2.68 bits per heavy atom. The van der Waals surface area contributed by atoms with E-state index in [0.717, 1.165) is 23.4 Å². The lowest BCUT2D eigenvalue weighted by Crippen LogP contribution is -2.06. The normalized spacial score (nSPS) is 11.8. The van der Waals surface area contributed by atoms with Gasteiger partial charge >= 0.3 is 6.18 Å². The van der Waals surface area contributed by atoms with Gasteiger partial charge in [-0.15, -0.1) is 0 Å². The molecule has 3 nitrogen and oxygen atoms in total. The number of hydrogen-bond donors (Lipinski definition) is 1. The minimum atomic E-state index is -4.35. The Labute approximate surface area is 108 Å². The second kappa shape index (κ2) is 5.05. The van der Waals surface area contributed by atoms with Crippen molar-refractivity contribution in [3.63, 3.8) is 0 Å². The van der Waals surface area contributed by atoms with Crippen LogP contribution in [0.15, 0.2) is 30.5 Å². The van der Waals surface area contributed by atoms with Crippen LogP contribution in [0.25, 0.3) is 5.69 Å². The van der Waals surface area contributed by atoms with Gasteiger partial charge in [0.15, 0.2) is 0 Å². The van der Waals surface area contributed by atoms with Crippen LogP contribution in [-0.4, -0.2) is 16.3 Å². The summed E-state index contributed by atoms with van der Waals surface area (Å²) >= 11 is 0. The topological polar surface area (TPSA) is 43.8 Å². The Bertz CT molecular complexity index is 573. The van der Waals surface area contributed by atoms with Crippen molar-refractivity contribution in [2.24, 2.45) is 5.73 Å². The van der Waals surface area contributed by atoms with Crippen LogP contribution >= 0.6 is 0 Å². The zero-order chi connectivity index (χ0) is 14.0. The van der Waals surface area contributed by atoms with Gasteiger partial charge in [0.2, 0.25) is 0 Å². The summed E-state index contributed by atoms with van der Waals surface area (Å²) in [6, 6.07) is 5.09. The Hall–Kier alpha value is -1.82. The molecule has 0 fully saturated rings. The zero-order valence-electron chi connectivity index (χ0n) is 10.4. The van der Waals surface area contributed by atoms with Crippen LogP contribution in [0.3, 0.4) is 0 Å². The van der Waals surface area contributed by atoms with Gasteiger partial charge in [-0.05, 0) is 43.7 Å². The van der Waals surface area contributed by atoms with E-state index in [4.69, 9.17) is 5.73 Å². The van der Waals surface area contributed by atoms with E-state index >= 15 is 0 Å². The maximum Gasteiger partial charge on any atom is 0.416 e. The molecule has 6 heteroatoms. The van der Waals surface area contributed by atoms with E-state index in [1.54, 1.807) is 12.3 Å². The maximum atomic E-state index is 12.6. The number of hydrogen-bond acceptors (Lipinski definition) is 2. The van der Waals surface area contributed by atoms with Crippen molar-refractivity contribution in [1.82, 2.24) is 9.78 Å². The molecule has 102 valence electrons. The maximum absolute atomic E-state index is 12.6. The van der Waals surface area contributed by atoms with E-state index < -0.39 is 11.7 Å². The van der Waals surface area contributed by atoms with Crippen LogP contribution in [0.1, 0.15) is 16.8 Å². The standard InChI is InChI=1S/C13H14F3N3/c1-9-10(5-6-17)8-19(18-9)12-4-2-3-11(7-12)13(14,15)16/h2-4,7-8H,5-6,17H2,1H3. The number of aromatic nitrogens is 2. The monoisotopic (exact) mass is 269 g/mol. The first-order valence-corrected chi connectivity index (χ1v) is 5.84. The molecule has 0 atom stereocenters. The Morgan fingerprint density at radius 2 is 2.05 bits per heavy atom. The number of halogens is 3. The Morgan fingerprint density at radius 1 is 1.32 bits per heavy atom. The van der Waals surface area contributed by atoms with E-state index in [-0.39, 0.29) is 0 Å². The van der Waals surface area contributed by atoms with Crippen molar-refractivity contribution >= 4 is 0 Å². The largest absolute Gasteiger partial charge is 0.416 e. The number of benzene rings is 1. The number of rotatable bonds is 3. The summed E-state index contributed by atoms with van der Waals surface area (Å²) < 4.78 is 39.4. The quantitative estimate of drug-likeness (QED) is 0.931. The average molecular weight is 269 g/mol. The first kappa shape index (κ1) is 13.6. The molecular weight excluding hydrogens is 255 g/mol. The van der Waals surface area contributed by atoms with E-state index in [9.17, 15) is 13.2 Å². The fourth-order valence-corrected chi connectivity index (χ4v) is 1.85. The molecule has 0 radical (unpaired) electrons. The molecule has 0 saturated heterocycles. The van der Waals surface area contributed by atoms with Gasteiger partial charge in [0.05, 0.1) is 16.9 Å². The minimum absolute atomic E-state index is 0.390. The van der Waals surface area contributed by atoms with Crippen LogP contribution < -0.4 is 5.73 Å². The molecular formula is C13H14F3N3. The van der Waals surface area contributed by atoms with Crippen LogP contribution in [0.4, 0.5) is 13.2 Å². The molecule has 1 aromatic heterocycles. The summed E-state index contributed by atoms with van der Waals surface area (Å²) in [6.07, 6.45) is -1.97. The van der Waals surface area contributed by atoms with E-state index in [1.807, 2.05) is 6.92 Å². The second-order valence-corrected chi connectivity index (χ2v) is 4.27. The summed E-state index contributed by atoms with van der Waals surface area (Å²) in [5.74, 6) is 0. The molecule has 0 aliphatic heterocycles. The van der Waals surface area contributed by atoms with Gasteiger partial charge in [0.25, 0.3) is 0 Å².